The van der Waals surface area contributed by atoms with Crippen molar-refractivity contribution in [2.24, 2.45) is 23.7 Å². The van der Waals surface area contributed by atoms with Crippen LogP contribution in [0.2, 0.25) is 0 Å². The van der Waals surface area contributed by atoms with Gasteiger partial charge in [-0.3, -0.25) is 0 Å². The summed E-state index contributed by atoms with van der Waals surface area (Å²) in [5.74, 6) is 3.94. The number of carbonyl (C=O) groups excluding carboxylic acids is 1. The van der Waals surface area contributed by atoms with Gasteiger partial charge in [-0.05, 0) is 67.9 Å². The molecular formula is C18H24N2O2. The van der Waals surface area contributed by atoms with Crippen molar-refractivity contribution in [2.75, 3.05) is 12.4 Å². The molecule has 0 aliphatic heterocycles. The number of rotatable bonds is 3. The highest BCUT2D eigenvalue weighted by molar-refractivity contribution is 5.91. The Morgan fingerprint density at radius 3 is 2.32 bits per heavy atom. The number of anilines is 1. The van der Waals surface area contributed by atoms with Crippen LogP contribution in [0.25, 0.3) is 0 Å². The van der Waals surface area contributed by atoms with E-state index in [0.29, 0.717) is 23.6 Å². The number of amides is 2. The zero-order valence-corrected chi connectivity index (χ0v) is 13.0. The van der Waals surface area contributed by atoms with E-state index in [2.05, 4.69) is 10.6 Å². The molecule has 2 N–H and O–H groups in total. The smallest absolute Gasteiger partial charge is 0.319 e. The van der Waals surface area contributed by atoms with Gasteiger partial charge in [-0.1, -0.05) is 12.1 Å². The van der Waals surface area contributed by atoms with Crippen LogP contribution in [-0.2, 0) is 0 Å². The number of para-hydroxylation sites is 2. The minimum absolute atomic E-state index is 0.0954. The third kappa shape index (κ3) is 2.44. The molecule has 0 saturated heterocycles. The van der Waals surface area contributed by atoms with E-state index in [0.717, 1.165) is 17.5 Å². The fraction of sp³-hybridized carbons (Fsp3) is 0.611. The lowest BCUT2D eigenvalue weighted by molar-refractivity contribution is -0.00883. The van der Waals surface area contributed by atoms with Crippen molar-refractivity contribution in [3.8, 4) is 5.75 Å². The lowest BCUT2D eigenvalue weighted by Gasteiger charge is -2.54. The molecule has 0 unspecified atom stereocenters. The first kappa shape index (κ1) is 13.9. The molecule has 4 bridgehead atoms. The van der Waals surface area contributed by atoms with Gasteiger partial charge in [-0.25, -0.2) is 4.79 Å². The molecule has 0 spiro atoms. The molecule has 0 aromatic heterocycles. The number of ether oxygens (including phenoxy) is 1. The second kappa shape index (κ2) is 5.49. The van der Waals surface area contributed by atoms with Crippen molar-refractivity contribution in [3.05, 3.63) is 24.3 Å². The molecule has 4 fully saturated rings. The first-order chi connectivity index (χ1) is 10.7. The molecule has 118 valence electrons. The van der Waals surface area contributed by atoms with Crippen molar-refractivity contribution in [2.45, 2.75) is 38.1 Å². The normalized spacial score (nSPS) is 35.2. The minimum atomic E-state index is -0.0954. The van der Waals surface area contributed by atoms with Gasteiger partial charge in [0.15, 0.2) is 0 Å². The maximum atomic E-state index is 12.4. The van der Waals surface area contributed by atoms with Crippen LogP contribution in [0, 0.1) is 23.7 Å². The van der Waals surface area contributed by atoms with Crippen molar-refractivity contribution in [1.82, 2.24) is 5.32 Å². The van der Waals surface area contributed by atoms with Crippen molar-refractivity contribution < 1.29 is 9.53 Å². The van der Waals surface area contributed by atoms with Gasteiger partial charge in [-0.2, -0.15) is 0 Å². The third-order valence-corrected chi connectivity index (χ3v) is 5.88. The van der Waals surface area contributed by atoms with Crippen LogP contribution in [0.1, 0.15) is 32.1 Å². The van der Waals surface area contributed by atoms with Gasteiger partial charge >= 0.3 is 6.03 Å². The third-order valence-electron chi connectivity index (χ3n) is 5.88. The summed E-state index contributed by atoms with van der Waals surface area (Å²) in [6.07, 6.45) is 6.69. The molecule has 0 heterocycles. The zero-order chi connectivity index (χ0) is 15.1. The second-order valence-corrected chi connectivity index (χ2v) is 7.26. The Balaban J connectivity index is 1.42. The molecule has 5 rings (SSSR count). The van der Waals surface area contributed by atoms with E-state index < -0.39 is 0 Å². The molecule has 4 aliphatic carbocycles. The minimum Gasteiger partial charge on any atom is -0.495 e. The molecule has 0 radical (unpaired) electrons. The summed E-state index contributed by atoms with van der Waals surface area (Å²) in [5.41, 5.74) is 0.728. The topological polar surface area (TPSA) is 50.4 Å². The Kier molecular flexibility index (Phi) is 3.47. The van der Waals surface area contributed by atoms with Crippen LogP contribution in [0.3, 0.4) is 0 Å². The summed E-state index contributed by atoms with van der Waals surface area (Å²) >= 11 is 0. The van der Waals surface area contributed by atoms with Crippen LogP contribution >= 0.6 is 0 Å². The van der Waals surface area contributed by atoms with Crippen LogP contribution in [-0.4, -0.2) is 19.2 Å². The van der Waals surface area contributed by atoms with Gasteiger partial charge in [0.25, 0.3) is 0 Å². The van der Waals surface area contributed by atoms with Crippen molar-refractivity contribution in [3.63, 3.8) is 0 Å². The Bertz CT molecular complexity index is 544. The van der Waals surface area contributed by atoms with E-state index in [9.17, 15) is 4.79 Å². The average molecular weight is 300 g/mol. The second-order valence-electron chi connectivity index (χ2n) is 7.26. The lowest BCUT2D eigenvalue weighted by Crippen LogP contribution is -2.56. The van der Waals surface area contributed by atoms with E-state index in [1.807, 2.05) is 24.3 Å². The first-order valence-corrected chi connectivity index (χ1v) is 8.43. The molecule has 4 saturated carbocycles. The average Bonchev–Trinajstić information content (AvgIpc) is 2.51. The number of hydrogen-bond donors (Lipinski definition) is 2. The summed E-state index contributed by atoms with van der Waals surface area (Å²) < 4.78 is 5.29. The van der Waals surface area contributed by atoms with E-state index >= 15 is 0 Å². The maximum Gasteiger partial charge on any atom is 0.319 e. The van der Waals surface area contributed by atoms with Crippen LogP contribution in [0.4, 0.5) is 10.5 Å². The summed E-state index contributed by atoms with van der Waals surface area (Å²) in [6, 6.07) is 7.80. The van der Waals surface area contributed by atoms with E-state index in [-0.39, 0.29) is 6.03 Å². The highest BCUT2D eigenvalue weighted by Crippen LogP contribution is 2.53. The standard InChI is InChI=1S/C18H24N2O2/c1-22-16-5-3-2-4-15(16)19-18(21)20-17-13-7-11-6-12(9-13)10-14(17)8-11/h2-5,11-14,17H,6-10H2,1H3,(H2,19,20,21). The zero-order valence-electron chi connectivity index (χ0n) is 13.0. The number of urea groups is 1. The Morgan fingerprint density at radius 1 is 1.05 bits per heavy atom. The number of nitrogens with one attached hydrogen (secondary N) is 2. The fourth-order valence-electron chi connectivity index (χ4n) is 5.22. The Morgan fingerprint density at radius 2 is 1.68 bits per heavy atom. The predicted octanol–water partition coefficient (Wildman–Crippen LogP) is 3.64. The van der Waals surface area contributed by atoms with E-state index in [1.165, 1.54) is 32.1 Å². The van der Waals surface area contributed by atoms with Gasteiger partial charge in [-0.15, -0.1) is 0 Å². The van der Waals surface area contributed by atoms with Crippen LogP contribution in [0.15, 0.2) is 24.3 Å². The first-order valence-electron chi connectivity index (χ1n) is 8.43. The van der Waals surface area contributed by atoms with Crippen LogP contribution in [0.5, 0.6) is 5.75 Å². The van der Waals surface area contributed by atoms with Gasteiger partial charge in [0.1, 0.15) is 5.75 Å². The van der Waals surface area contributed by atoms with Crippen LogP contribution < -0.4 is 15.4 Å². The highest BCUT2D eigenvalue weighted by atomic mass is 16.5. The molecule has 4 nitrogen and oxygen atoms in total. The van der Waals surface area contributed by atoms with Crippen molar-refractivity contribution >= 4 is 11.7 Å². The highest BCUT2D eigenvalue weighted by Gasteiger charge is 2.48. The largest absolute Gasteiger partial charge is 0.495 e. The lowest BCUT2D eigenvalue weighted by atomic mass is 9.54. The monoisotopic (exact) mass is 300 g/mol. The Hall–Kier alpha value is -1.71. The molecule has 4 aliphatic rings. The maximum absolute atomic E-state index is 12.4. The summed E-state index contributed by atoms with van der Waals surface area (Å²) in [5, 5.41) is 6.20. The summed E-state index contributed by atoms with van der Waals surface area (Å²) in [6.45, 7) is 0. The quantitative estimate of drug-likeness (QED) is 0.895. The number of benzene rings is 1. The molecule has 22 heavy (non-hydrogen) atoms. The molecule has 1 aromatic carbocycles. The predicted molar refractivity (Wildman–Crippen MR) is 86.0 cm³/mol. The van der Waals surface area contributed by atoms with Gasteiger partial charge in [0.2, 0.25) is 0 Å². The molecule has 1 aromatic rings. The molecule has 4 heteroatoms. The number of methoxy groups -OCH3 is 1. The Labute approximate surface area is 131 Å². The number of carbonyl (C=O) groups is 1. The number of hydrogen-bond acceptors (Lipinski definition) is 2. The van der Waals surface area contributed by atoms with E-state index in [4.69, 9.17) is 4.74 Å². The van der Waals surface area contributed by atoms with E-state index in [1.54, 1.807) is 7.11 Å². The van der Waals surface area contributed by atoms with Gasteiger partial charge in [0.05, 0.1) is 12.8 Å². The van der Waals surface area contributed by atoms with Gasteiger partial charge in [0, 0.05) is 6.04 Å². The molecule has 0 atom stereocenters. The van der Waals surface area contributed by atoms with Gasteiger partial charge < -0.3 is 15.4 Å². The molecule has 2 amide bonds. The molecular weight excluding hydrogens is 276 g/mol. The summed E-state index contributed by atoms with van der Waals surface area (Å²) in [4.78, 5) is 12.4. The fourth-order valence-corrected chi connectivity index (χ4v) is 5.22. The SMILES string of the molecule is COc1ccccc1NC(=O)NC1C2CC3CC(C2)CC1C3. The summed E-state index contributed by atoms with van der Waals surface area (Å²) in [7, 11) is 1.62. The van der Waals surface area contributed by atoms with Crippen molar-refractivity contribution in [1.29, 1.82) is 0 Å².